The van der Waals surface area contributed by atoms with Crippen molar-refractivity contribution in [2.75, 3.05) is 18.1 Å². The topological polar surface area (TPSA) is 26.3 Å². The molecule has 0 amide bonds. The van der Waals surface area contributed by atoms with Crippen LogP contribution in [0.3, 0.4) is 0 Å². The van der Waals surface area contributed by atoms with Crippen molar-refractivity contribution >= 4 is 29.1 Å². The molecule has 0 N–H and O–H groups in total. The minimum absolute atomic E-state index is 0.0948. The van der Waals surface area contributed by atoms with Gasteiger partial charge in [0.2, 0.25) is 0 Å². The van der Waals surface area contributed by atoms with Crippen molar-refractivity contribution < 1.29 is 9.53 Å². The van der Waals surface area contributed by atoms with Crippen molar-refractivity contribution in [1.82, 2.24) is 0 Å². The Kier molecular flexibility index (Phi) is 6.73. The zero-order valence-corrected chi connectivity index (χ0v) is 13.6. The van der Waals surface area contributed by atoms with Crippen LogP contribution in [0, 0.1) is 13.8 Å². The molecule has 2 nitrogen and oxygen atoms in total. The lowest BCUT2D eigenvalue weighted by Gasteiger charge is -2.15. The smallest absolute Gasteiger partial charge is 0.176 e. The number of hydrogen-bond acceptors (Lipinski definition) is 3. The van der Waals surface area contributed by atoms with E-state index in [4.69, 9.17) is 16.3 Å². The molecule has 0 aliphatic heterocycles. The van der Waals surface area contributed by atoms with Crippen LogP contribution in [0.25, 0.3) is 0 Å². The number of carbonyl (C=O) groups is 1. The van der Waals surface area contributed by atoms with Gasteiger partial charge in [-0.1, -0.05) is 25.4 Å². The lowest BCUT2D eigenvalue weighted by Crippen LogP contribution is -2.10. The van der Waals surface area contributed by atoms with Crippen LogP contribution in [0.15, 0.2) is 6.07 Å². The number of halogens is 1. The predicted molar refractivity (Wildman–Crippen MR) is 84.0 cm³/mol. The second-order valence-electron chi connectivity index (χ2n) is 4.41. The fraction of sp³-hybridized carbons (Fsp3) is 0.533. The summed E-state index contributed by atoms with van der Waals surface area (Å²) in [5.74, 6) is 2.16. The SMILES string of the molecule is CCCOc1cc(C)c(Cl)c(C)c1C(=O)CSCC. The number of benzene rings is 1. The van der Waals surface area contributed by atoms with Crippen LogP contribution < -0.4 is 4.74 Å². The zero-order valence-electron chi connectivity index (χ0n) is 12.0. The molecule has 0 spiro atoms. The Morgan fingerprint density at radius 3 is 2.63 bits per heavy atom. The summed E-state index contributed by atoms with van der Waals surface area (Å²) < 4.78 is 5.72. The molecule has 0 bridgehead atoms. The normalized spacial score (nSPS) is 10.6. The highest BCUT2D eigenvalue weighted by atomic mass is 35.5. The first-order chi connectivity index (χ1) is 9.02. The first-order valence-corrected chi connectivity index (χ1v) is 8.09. The quantitative estimate of drug-likeness (QED) is 0.684. The van der Waals surface area contributed by atoms with E-state index in [1.54, 1.807) is 11.8 Å². The van der Waals surface area contributed by atoms with Gasteiger partial charge in [0.25, 0.3) is 0 Å². The van der Waals surface area contributed by atoms with Gasteiger partial charge in [-0.15, -0.1) is 0 Å². The number of aryl methyl sites for hydroxylation is 1. The zero-order chi connectivity index (χ0) is 14.4. The Balaban J connectivity index is 3.17. The second-order valence-corrected chi connectivity index (χ2v) is 6.07. The van der Waals surface area contributed by atoms with Crippen molar-refractivity contribution in [1.29, 1.82) is 0 Å². The third-order valence-corrected chi connectivity index (χ3v) is 4.28. The number of carbonyl (C=O) groups excluding carboxylic acids is 1. The lowest BCUT2D eigenvalue weighted by molar-refractivity contribution is 0.101. The second kappa shape index (κ2) is 7.81. The van der Waals surface area contributed by atoms with Gasteiger partial charge in [-0.05, 0) is 43.2 Å². The van der Waals surface area contributed by atoms with Crippen LogP contribution in [0.4, 0.5) is 0 Å². The van der Waals surface area contributed by atoms with Gasteiger partial charge in [-0.3, -0.25) is 4.79 Å². The Morgan fingerprint density at radius 1 is 1.37 bits per heavy atom. The van der Waals surface area contributed by atoms with E-state index in [1.807, 2.05) is 33.8 Å². The van der Waals surface area contributed by atoms with Crippen molar-refractivity contribution in [2.45, 2.75) is 34.1 Å². The minimum atomic E-state index is 0.0948. The monoisotopic (exact) mass is 300 g/mol. The summed E-state index contributed by atoms with van der Waals surface area (Å²) >= 11 is 7.87. The Hall–Kier alpha value is -0.670. The molecule has 1 aromatic carbocycles. The molecular formula is C15H21ClO2S. The highest BCUT2D eigenvalue weighted by Crippen LogP contribution is 2.32. The maximum absolute atomic E-state index is 12.3. The van der Waals surface area contributed by atoms with Gasteiger partial charge in [-0.2, -0.15) is 11.8 Å². The van der Waals surface area contributed by atoms with Gasteiger partial charge in [0.15, 0.2) is 5.78 Å². The molecule has 0 heterocycles. The van der Waals surface area contributed by atoms with E-state index >= 15 is 0 Å². The predicted octanol–water partition coefficient (Wildman–Crippen LogP) is 4.68. The van der Waals surface area contributed by atoms with Crippen LogP contribution in [0.1, 0.15) is 41.8 Å². The highest BCUT2D eigenvalue weighted by molar-refractivity contribution is 7.99. The van der Waals surface area contributed by atoms with E-state index in [2.05, 4.69) is 0 Å². The van der Waals surface area contributed by atoms with Crippen LogP contribution in [-0.2, 0) is 0 Å². The summed E-state index contributed by atoms with van der Waals surface area (Å²) in [7, 11) is 0. The van der Waals surface area contributed by atoms with E-state index < -0.39 is 0 Å². The van der Waals surface area contributed by atoms with Gasteiger partial charge in [0.05, 0.1) is 17.9 Å². The standard InChI is InChI=1S/C15H21ClO2S/c1-5-7-18-13-8-10(3)15(16)11(4)14(13)12(17)9-19-6-2/h8H,5-7,9H2,1-4H3. The number of Topliss-reactive ketones (excluding diaryl/α,β-unsaturated/α-hetero) is 1. The molecule has 0 atom stereocenters. The highest BCUT2D eigenvalue weighted by Gasteiger charge is 2.19. The van der Waals surface area contributed by atoms with Gasteiger partial charge >= 0.3 is 0 Å². The molecule has 19 heavy (non-hydrogen) atoms. The summed E-state index contributed by atoms with van der Waals surface area (Å²) in [6, 6.07) is 1.87. The molecule has 0 radical (unpaired) electrons. The third-order valence-electron chi connectivity index (χ3n) is 2.82. The molecule has 1 rings (SSSR count). The van der Waals surface area contributed by atoms with Crippen molar-refractivity contribution in [3.63, 3.8) is 0 Å². The molecule has 106 valence electrons. The molecule has 0 saturated heterocycles. The minimum Gasteiger partial charge on any atom is -0.493 e. The van der Waals surface area contributed by atoms with Crippen molar-refractivity contribution in [2.24, 2.45) is 0 Å². The molecule has 0 saturated carbocycles. The fourth-order valence-electron chi connectivity index (χ4n) is 1.86. The number of thioether (sulfide) groups is 1. The van der Waals surface area contributed by atoms with E-state index in [1.165, 1.54) is 0 Å². The molecule has 0 aliphatic rings. The average Bonchev–Trinajstić information content (AvgIpc) is 2.39. The van der Waals surface area contributed by atoms with Crippen LogP contribution in [0.2, 0.25) is 5.02 Å². The van der Waals surface area contributed by atoms with Gasteiger partial charge in [0.1, 0.15) is 5.75 Å². The van der Waals surface area contributed by atoms with Crippen LogP contribution in [0.5, 0.6) is 5.75 Å². The van der Waals surface area contributed by atoms with E-state index in [-0.39, 0.29) is 5.78 Å². The molecule has 0 aliphatic carbocycles. The van der Waals surface area contributed by atoms with Crippen LogP contribution >= 0.6 is 23.4 Å². The molecule has 0 unspecified atom stereocenters. The Morgan fingerprint density at radius 2 is 2.05 bits per heavy atom. The molecular weight excluding hydrogens is 280 g/mol. The number of hydrogen-bond donors (Lipinski definition) is 0. The molecule has 4 heteroatoms. The van der Waals surface area contributed by atoms with E-state index in [9.17, 15) is 4.79 Å². The first-order valence-electron chi connectivity index (χ1n) is 6.56. The number of rotatable bonds is 7. The lowest BCUT2D eigenvalue weighted by atomic mass is 10.0. The summed E-state index contributed by atoms with van der Waals surface area (Å²) in [4.78, 5) is 12.3. The largest absolute Gasteiger partial charge is 0.493 e. The van der Waals surface area contributed by atoms with Crippen molar-refractivity contribution in [3.8, 4) is 5.75 Å². The molecule has 0 aromatic heterocycles. The van der Waals surface area contributed by atoms with Gasteiger partial charge in [-0.25, -0.2) is 0 Å². The fourth-order valence-corrected chi connectivity index (χ4v) is 2.54. The molecule has 1 aromatic rings. The van der Waals surface area contributed by atoms with Crippen LogP contribution in [-0.4, -0.2) is 23.9 Å². The average molecular weight is 301 g/mol. The van der Waals surface area contributed by atoms with E-state index in [0.717, 1.165) is 23.3 Å². The Bertz CT molecular complexity index is 458. The summed E-state index contributed by atoms with van der Waals surface area (Å²) in [5, 5.41) is 0.661. The summed E-state index contributed by atoms with van der Waals surface area (Å²) in [6.45, 7) is 8.52. The van der Waals surface area contributed by atoms with E-state index in [0.29, 0.717) is 28.7 Å². The first kappa shape index (κ1) is 16.4. The van der Waals surface area contributed by atoms with Crippen molar-refractivity contribution in [3.05, 3.63) is 27.8 Å². The third kappa shape index (κ3) is 4.15. The van der Waals surface area contributed by atoms with Gasteiger partial charge < -0.3 is 4.74 Å². The summed E-state index contributed by atoms with van der Waals surface area (Å²) in [5.41, 5.74) is 2.42. The van der Waals surface area contributed by atoms with Gasteiger partial charge in [0, 0.05) is 5.02 Å². The molecule has 0 fully saturated rings. The Labute approximate surface area is 124 Å². The number of ketones is 1. The number of ether oxygens (including phenoxy) is 1. The maximum atomic E-state index is 12.3. The summed E-state index contributed by atoms with van der Waals surface area (Å²) in [6.07, 6.45) is 0.915. The maximum Gasteiger partial charge on any atom is 0.176 e.